The fourth-order valence-electron chi connectivity index (χ4n) is 2.68. The molecule has 126 valence electrons. The minimum absolute atomic E-state index is 0.0813. The molecule has 0 spiro atoms. The van der Waals surface area contributed by atoms with Crippen LogP contribution in [-0.4, -0.2) is 40.6 Å². The highest BCUT2D eigenvalue weighted by atomic mass is 32.1. The maximum atomic E-state index is 10.9. The summed E-state index contributed by atoms with van der Waals surface area (Å²) in [5.41, 5.74) is 0.869. The quantitative estimate of drug-likeness (QED) is 0.750. The highest BCUT2D eigenvalue weighted by Gasteiger charge is 2.19. The van der Waals surface area contributed by atoms with Gasteiger partial charge in [-0.25, -0.2) is 4.98 Å². The Bertz CT molecular complexity index is 473. The lowest BCUT2D eigenvalue weighted by Crippen LogP contribution is -2.34. The number of hydrogen-bond donors (Lipinski definition) is 1. The lowest BCUT2D eigenvalue weighted by molar-refractivity contribution is -0.136. The van der Waals surface area contributed by atoms with Crippen LogP contribution in [0.2, 0.25) is 0 Å². The maximum Gasteiger partial charge on any atom is 0.308 e. The molecule has 4 nitrogen and oxygen atoms in total. The molecule has 0 bridgehead atoms. The predicted octanol–water partition coefficient (Wildman–Crippen LogP) is 3.80. The Kier molecular flexibility index (Phi) is 7.49. The van der Waals surface area contributed by atoms with E-state index in [-0.39, 0.29) is 6.42 Å². The first-order valence-electron chi connectivity index (χ1n) is 8.09. The van der Waals surface area contributed by atoms with Gasteiger partial charge in [0.2, 0.25) is 0 Å². The fourth-order valence-corrected chi connectivity index (χ4v) is 3.78. The molecule has 0 saturated heterocycles. The molecule has 0 aliphatic rings. The molecule has 1 aromatic heterocycles. The van der Waals surface area contributed by atoms with Gasteiger partial charge in [0.1, 0.15) is 0 Å². The molecule has 0 amide bonds. The molecule has 0 aliphatic carbocycles. The number of carboxylic acids is 1. The molecule has 1 N–H and O–H groups in total. The van der Waals surface area contributed by atoms with Crippen molar-refractivity contribution in [3.05, 3.63) is 15.6 Å². The average molecular weight is 327 g/mol. The monoisotopic (exact) mass is 326 g/mol. The zero-order chi connectivity index (χ0) is 16.9. The van der Waals surface area contributed by atoms with Crippen molar-refractivity contribution in [2.75, 3.05) is 19.6 Å². The molecule has 1 atom stereocenters. The lowest BCUT2D eigenvalue weighted by Gasteiger charge is -2.28. The summed E-state index contributed by atoms with van der Waals surface area (Å²) in [7, 11) is 0. The summed E-state index contributed by atoms with van der Waals surface area (Å²) in [6.45, 7) is 16.3. The van der Waals surface area contributed by atoms with Gasteiger partial charge >= 0.3 is 5.97 Å². The number of aliphatic carboxylic acids is 1. The van der Waals surface area contributed by atoms with Crippen LogP contribution in [-0.2, 0) is 11.2 Å². The van der Waals surface area contributed by atoms with Gasteiger partial charge in [-0.15, -0.1) is 11.3 Å². The van der Waals surface area contributed by atoms with Crippen LogP contribution in [0.3, 0.4) is 0 Å². The van der Waals surface area contributed by atoms with Crippen molar-refractivity contribution < 1.29 is 9.90 Å². The number of rotatable bonds is 9. The van der Waals surface area contributed by atoms with Gasteiger partial charge in [0, 0.05) is 30.4 Å². The highest BCUT2D eigenvalue weighted by molar-refractivity contribution is 7.11. The number of hydrogen-bond acceptors (Lipinski definition) is 4. The molecule has 1 rings (SSSR count). The summed E-state index contributed by atoms with van der Waals surface area (Å²) in [4.78, 5) is 18.9. The maximum absolute atomic E-state index is 10.9. The van der Waals surface area contributed by atoms with Crippen molar-refractivity contribution in [1.82, 2.24) is 9.88 Å². The highest BCUT2D eigenvalue weighted by Crippen LogP contribution is 2.26. The molecule has 0 aliphatic heterocycles. The van der Waals surface area contributed by atoms with Gasteiger partial charge in [0.05, 0.1) is 17.1 Å². The van der Waals surface area contributed by atoms with Gasteiger partial charge in [0.15, 0.2) is 0 Å². The SMILES string of the molecule is Cc1nc(C(C)CN(CC(C)C)CC(C)C)sc1CC(=O)O. The van der Waals surface area contributed by atoms with E-state index in [1.54, 1.807) is 11.3 Å². The summed E-state index contributed by atoms with van der Waals surface area (Å²) in [5.74, 6) is 0.842. The average Bonchev–Trinajstić information content (AvgIpc) is 2.68. The Morgan fingerprint density at radius 1 is 1.14 bits per heavy atom. The third-order valence-electron chi connectivity index (χ3n) is 3.42. The first-order valence-corrected chi connectivity index (χ1v) is 8.91. The number of nitrogens with zero attached hydrogens (tertiary/aromatic N) is 2. The normalized spacial score (nSPS) is 13.3. The molecule has 0 aromatic carbocycles. The Labute approximate surface area is 138 Å². The van der Waals surface area contributed by atoms with Crippen molar-refractivity contribution >= 4 is 17.3 Å². The Balaban J connectivity index is 2.76. The van der Waals surface area contributed by atoms with Crippen LogP contribution in [0.25, 0.3) is 0 Å². The molecule has 1 aromatic rings. The number of aryl methyl sites for hydroxylation is 1. The van der Waals surface area contributed by atoms with Gasteiger partial charge in [0.25, 0.3) is 0 Å². The molecule has 22 heavy (non-hydrogen) atoms. The van der Waals surface area contributed by atoms with Crippen LogP contribution in [0, 0.1) is 18.8 Å². The molecule has 0 radical (unpaired) electrons. The Morgan fingerprint density at radius 3 is 2.14 bits per heavy atom. The Morgan fingerprint density at radius 2 is 1.68 bits per heavy atom. The Hall–Kier alpha value is -0.940. The van der Waals surface area contributed by atoms with E-state index in [2.05, 4.69) is 44.5 Å². The summed E-state index contributed by atoms with van der Waals surface area (Å²) in [6.07, 6.45) is 0.0813. The second kappa shape index (κ2) is 8.63. The summed E-state index contributed by atoms with van der Waals surface area (Å²) in [6, 6.07) is 0. The first-order chi connectivity index (χ1) is 10.2. The number of carbonyl (C=O) groups is 1. The van der Waals surface area contributed by atoms with Gasteiger partial charge in [-0.1, -0.05) is 34.6 Å². The van der Waals surface area contributed by atoms with Crippen molar-refractivity contribution in [1.29, 1.82) is 0 Å². The van der Waals surface area contributed by atoms with Crippen LogP contribution in [0.1, 0.15) is 56.1 Å². The third-order valence-corrected chi connectivity index (χ3v) is 4.81. The van der Waals surface area contributed by atoms with E-state index in [1.807, 2.05) is 6.92 Å². The zero-order valence-corrected chi connectivity index (χ0v) is 15.5. The third kappa shape index (κ3) is 6.44. The molecule has 0 fully saturated rings. The van der Waals surface area contributed by atoms with Gasteiger partial charge < -0.3 is 10.0 Å². The van der Waals surface area contributed by atoms with Crippen molar-refractivity contribution in [2.45, 2.75) is 53.9 Å². The molecule has 0 saturated carbocycles. The van der Waals surface area contributed by atoms with E-state index >= 15 is 0 Å². The largest absolute Gasteiger partial charge is 0.481 e. The fraction of sp³-hybridized carbons (Fsp3) is 0.765. The van der Waals surface area contributed by atoms with Crippen molar-refractivity contribution in [3.63, 3.8) is 0 Å². The van der Waals surface area contributed by atoms with E-state index in [0.29, 0.717) is 17.8 Å². The molecule has 1 heterocycles. The molecular weight excluding hydrogens is 296 g/mol. The van der Waals surface area contributed by atoms with Crippen LogP contribution < -0.4 is 0 Å². The second-order valence-electron chi connectivity index (χ2n) is 7.04. The first kappa shape index (κ1) is 19.1. The van der Waals surface area contributed by atoms with Crippen LogP contribution in [0.4, 0.5) is 0 Å². The van der Waals surface area contributed by atoms with Gasteiger partial charge in [-0.05, 0) is 18.8 Å². The minimum Gasteiger partial charge on any atom is -0.481 e. The van der Waals surface area contributed by atoms with E-state index in [1.165, 1.54) is 0 Å². The van der Waals surface area contributed by atoms with Crippen molar-refractivity contribution in [2.24, 2.45) is 11.8 Å². The summed E-state index contributed by atoms with van der Waals surface area (Å²) in [5, 5.41) is 10.0. The number of thiazole rings is 1. The lowest BCUT2D eigenvalue weighted by atomic mass is 10.1. The zero-order valence-electron chi connectivity index (χ0n) is 14.7. The molecule has 1 unspecified atom stereocenters. The van der Waals surface area contributed by atoms with E-state index < -0.39 is 5.97 Å². The topological polar surface area (TPSA) is 53.4 Å². The van der Waals surface area contributed by atoms with Crippen LogP contribution in [0.15, 0.2) is 0 Å². The van der Waals surface area contributed by atoms with Crippen molar-refractivity contribution in [3.8, 4) is 0 Å². The summed E-state index contributed by atoms with van der Waals surface area (Å²) < 4.78 is 0. The van der Waals surface area contributed by atoms with E-state index in [9.17, 15) is 4.79 Å². The minimum atomic E-state index is -0.785. The van der Waals surface area contributed by atoms with E-state index in [0.717, 1.165) is 35.2 Å². The van der Waals surface area contributed by atoms with Crippen LogP contribution in [0.5, 0.6) is 0 Å². The molecule has 5 heteroatoms. The summed E-state index contributed by atoms with van der Waals surface area (Å²) >= 11 is 1.56. The second-order valence-corrected chi connectivity index (χ2v) is 8.15. The smallest absolute Gasteiger partial charge is 0.308 e. The van der Waals surface area contributed by atoms with Gasteiger partial charge in [-0.3, -0.25) is 4.79 Å². The predicted molar refractivity (Wildman–Crippen MR) is 92.7 cm³/mol. The van der Waals surface area contributed by atoms with E-state index in [4.69, 9.17) is 5.11 Å². The number of aromatic nitrogens is 1. The van der Waals surface area contributed by atoms with Crippen LogP contribution >= 0.6 is 11.3 Å². The molecular formula is C17H30N2O2S. The van der Waals surface area contributed by atoms with Gasteiger partial charge in [-0.2, -0.15) is 0 Å². The number of carboxylic acid groups (broad SMARTS) is 1. The standard InChI is InChI=1S/C17H30N2O2S/c1-11(2)8-19(9-12(3)4)10-13(5)17-18-14(6)15(22-17)7-16(20)21/h11-13H,7-10H2,1-6H3,(H,20,21).